The van der Waals surface area contributed by atoms with Crippen LogP contribution in [0.2, 0.25) is 5.02 Å². The molecule has 0 saturated heterocycles. The molecule has 70 valence electrons. The molecule has 1 aromatic rings. The number of likely N-dealkylation sites (N-methyl/N-ethyl adjacent to an activating group) is 1. The first-order valence-electron chi connectivity index (χ1n) is 4.75. The zero-order valence-electron chi connectivity index (χ0n) is 7.81. The smallest absolute Gasteiger partial charge is 0.0440 e. The molecule has 0 saturated carbocycles. The third-order valence-electron chi connectivity index (χ3n) is 2.83. The molecule has 1 atom stereocenters. The Morgan fingerprint density at radius 2 is 2.31 bits per heavy atom. The van der Waals surface area contributed by atoms with Crippen molar-refractivity contribution in [3.05, 3.63) is 34.3 Å². The molecule has 1 aromatic carbocycles. The summed E-state index contributed by atoms with van der Waals surface area (Å²) >= 11 is 6.11. The number of fused-ring (bicyclic) bond motifs is 1. The highest BCUT2D eigenvalue weighted by Gasteiger charge is 2.18. The van der Waals surface area contributed by atoms with E-state index in [2.05, 4.69) is 11.4 Å². The number of halogens is 1. The standard InChI is InChI=1S/C11H14ClN/c1-13-9-5-6-10-8(7-9)3-2-4-11(10)12/h2-4,9,13H,5-7H2,1H3. The van der Waals surface area contributed by atoms with Gasteiger partial charge in [-0.3, -0.25) is 0 Å². The van der Waals surface area contributed by atoms with Crippen molar-refractivity contribution in [2.24, 2.45) is 0 Å². The van der Waals surface area contributed by atoms with E-state index in [9.17, 15) is 0 Å². The van der Waals surface area contributed by atoms with Gasteiger partial charge in [0.25, 0.3) is 0 Å². The van der Waals surface area contributed by atoms with Gasteiger partial charge in [0.2, 0.25) is 0 Å². The van der Waals surface area contributed by atoms with E-state index in [0.29, 0.717) is 6.04 Å². The Bertz CT molecular complexity index is 309. The van der Waals surface area contributed by atoms with Crippen LogP contribution in [0.15, 0.2) is 18.2 Å². The lowest BCUT2D eigenvalue weighted by molar-refractivity contribution is 0.496. The lowest BCUT2D eigenvalue weighted by atomic mass is 9.88. The molecule has 0 aliphatic heterocycles. The number of hydrogen-bond acceptors (Lipinski definition) is 1. The van der Waals surface area contributed by atoms with Crippen molar-refractivity contribution in [3.8, 4) is 0 Å². The van der Waals surface area contributed by atoms with Gasteiger partial charge in [-0.05, 0) is 43.5 Å². The molecular weight excluding hydrogens is 182 g/mol. The van der Waals surface area contributed by atoms with E-state index in [1.807, 2.05) is 19.2 Å². The summed E-state index contributed by atoms with van der Waals surface area (Å²) in [6.07, 6.45) is 3.43. The highest BCUT2D eigenvalue weighted by Crippen LogP contribution is 2.27. The first-order chi connectivity index (χ1) is 6.31. The Labute approximate surface area is 84.1 Å². The average Bonchev–Trinajstić information content (AvgIpc) is 2.18. The minimum atomic E-state index is 0.631. The summed E-state index contributed by atoms with van der Waals surface area (Å²) in [5, 5.41) is 4.26. The van der Waals surface area contributed by atoms with Gasteiger partial charge in [0.05, 0.1) is 0 Å². The molecule has 0 aromatic heterocycles. The van der Waals surface area contributed by atoms with E-state index >= 15 is 0 Å². The average molecular weight is 196 g/mol. The predicted molar refractivity (Wildman–Crippen MR) is 56.3 cm³/mol. The molecule has 13 heavy (non-hydrogen) atoms. The van der Waals surface area contributed by atoms with E-state index in [1.165, 1.54) is 17.5 Å². The molecule has 0 fully saturated rings. The molecule has 1 aliphatic rings. The fourth-order valence-electron chi connectivity index (χ4n) is 2.01. The number of benzene rings is 1. The third kappa shape index (κ3) is 1.72. The second kappa shape index (κ2) is 3.69. The van der Waals surface area contributed by atoms with Crippen LogP contribution in [-0.2, 0) is 12.8 Å². The van der Waals surface area contributed by atoms with E-state index < -0.39 is 0 Å². The number of rotatable bonds is 1. The Morgan fingerprint density at radius 1 is 1.46 bits per heavy atom. The first-order valence-corrected chi connectivity index (χ1v) is 5.12. The van der Waals surface area contributed by atoms with E-state index in [-0.39, 0.29) is 0 Å². The van der Waals surface area contributed by atoms with E-state index in [0.717, 1.165) is 17.9 Å². The lowest BCUT2D eigenvalue weighted by Crippen LogP contribution is -2.31. The van der Waals surface area contributed by atoms with Crippen LogP contribution in [0, 0.1) is 0 Å². The van der Waals surface area contributed by atoms with Crippen molar-refractivity contribution in [3.63, 3.8) is 0 Å². The van der Waals surface area contributed by atoms with E-state index in [1.54, 1.807) is 0 Å². The SMILES string of the molecule is CNC1CCc2c(Cl)cccc2C1. The minimum Gasteiger partial charge on any atom is -0.317 e. The summed E-state index contributed by atoms with van der Waals surface area (Å²) < 4.78 is 0. The number of hydrogen-bond donors (Lipinski definition) is 1. The molecule has 2 heteroatoms. The fourth-order valence-corrected chi connectivity index (χ4v) is 2.30. The monoisotopic (exact) mass is 195 g/mol. The van der Waals surface area contributed by atoms with Crippen molar-refractivity contribution in [1.29, 1.82) is 0 Å². The second-order valence-electron chi connectivity index (χ2n) is 3.61. The highest BCUT2D eigenvalue weighted by molar-refractivity contribution is 6.31. The summed E-state index contributed by atoms with van der Waals surface area (Å²) in [6.45, 7) is 0. The topological polar surface area (TPSA) is 12.0 Å². The molecule has 0 amide bonds. The maximum atomic E-state index is 6.11. The van der Waals surface area contributed by atoms with Gasteiger partial charge in [-0.2, -0.15) is 0 Å². The molecule has 1 nitrogen and oxygen atoms in total. The summed E-state index contributed by atoms with van der Waals surface area (Å²) in [5.41, 5.74) is 2.77. The molecule has 2 rings (SSSR count). The van der Waals surface area contributed by atoms with Gasteiger partial charge in [0, 0.05) is 11.1 Å². The van der Waals surface area contributed by atoms with Gasteiger partial charge >= 0.3 is 0 Å². The number of nitrogens with one attached hydrogen (secondary N) is 1. The minimum absolute atomic E-state index is 0.631. The van der Waals surface area contributed by atoms with Gasteiger partial charge in [-0.25, -0.2) is 0 Å². The van der Waals surface area contributed by atoms with Gasteiger partial charge < -0.3 is 5.32 Å². The van der Waals surface area contributed by atoms with Crippen molar-refractivity contribution >= 4 is 11.6 Å². The lowest BCUT2D eigenvalue weighted by Gasteiger charge is -2.24. The van der Waals surface area contributed by atoms with Crippen molar-refractivity contribution in [2.75, 3.05) is 7.05 Å². The highest BCUT2D eigenvalue weighted by atomic mass is 35.5. The molecule has 1 N–H and O–H groups in total. The Kier molecular flexibility index (Phi) is 2.56. The Balaban J connectivity index is 2.31. The van der Waals surface area contributed by atoms with Gasteiger partial charge in [0.1, 0.15) is 0 Å². The molecule has 1 aliphatic carbocycles. The summed E-state index contributed by atoms with van der Waals surface area (Å²) in [6, 6.07) is 6.84. The molecular formula is C11H14ClN. The maximum absolute atomic E-state index is 6.11. The first kappa shape index (κ1) is 9.04. The molecule has 1 unspecified atom stereocenters. The maximum Gasteiger partial charge on any atom is 0.0440 e. The zero-order chi connectivity index (χ0) is 9.26. The van der Waals surface area contributed by atoms with Crippen LogP contribution < -0.4 is 5.32 Å². The molecule has 0 heterocycles. The summed E-state index contributed by atoms with van der Waals surface area (Å²) in [4.78, 5) is 0. The summed E-state index contributed by atoms with van der Waals surface area (Å²) in [7, 11) is 2.03. The third-order valence-corrected chi connectivity index (χ3v) is 3.19. The van der Waals surface area contributed by atoms with Crippen LogP contribution in [0.1, 0.15) is 17.5 Å². The van der Waals surface area contributed by atoms with Crippen LogP contribution in [0.4, 0.5) is 0 Å². The molecule has 0 spiro atoms. The van der Waals surface area contributed by atoms with Crippen molar-refractivity contribution in [1.82, 2.24) is 5.32 Å². The van der Waals surface area contributed by atoms with Crippen LogP contribution in [-0.4, -0.2) is 13.1 Å². The largest absolute Gasteiger partial charge is 0.317 e. The predicted octanol–water partition coefficient (Wildman–Crippen LogP) is 2.42. The quantitative estimate of drug-likeness (QED) is 0.726. The summed E-state index contributed by atoms with van der Waals surface area (Å²) in [5.74, 6) is 0. The molecule has 0 radical (unpaired) electrons. The fraction of sp³-hybridized carbons (Fsp3) is 0.455. The van der Waals surface area contributed by atoms with Crippen LogP contribution in [0.3, 0.4) is 0 Å². The Hall–Kier alpha value is -0.530. The van der Waals surface area contributed by atoms with Crippen molar-refractivity contribution < 1.29 is 0 Å². The van der Waals surface area contributed by atoms with Gasteiger partial charge in [0.15, 0.2) is 0 Å². The van der Waals surface area contributed by atoms with Crippen LogP contribution in [0.25, 0.3) is 0 Å². The van der Waals surface area contributed by atoms with Crippen LogP contribution >= 0.6 is 11.6 Å². The van der Waals surface area contributed by atoms with Crippen LogP contribution in [0.5, 0.6) is 0 Å². The zero-order valence-corrected chi connectivity index (χ0v) is 8.56. The molecule has 0 bridgehead atoms. The van der Waals surface area contributed by atoms with Gasteiger partial charge in [-0.1, -0.05) is 23.7 Å². The normalized spacial score (nSPS) is 21.2. The van der Waals surface area contributed by atoms with Crippen molar-refractivity contribution in [2.45, 2.75) is 25.3 Å². The van der Waals surface area contributed by atoms with E-state index in [4.69, 9.17) is 11.6 Å². The second-order valence-corrected chi connectivity index (χ2v) is 4.01. The van der Waals surface area contributed by atoms with Gasteiger partial charge in [-0.15, -0.1) is 0 Å². The Morgan fingerprint density at radius 3 is 3.08 bits per heavy atom.